The van der Waals surface area contributed by atoms with Gasteiger partial charge in [0.1, 0.15) is 0 Å². The molecule has 16 heavy (non-hydrogen) atoms. The molecule has 2 aromatic rings. The van der Waals surface area contributed by atoms with Crippen molar-refractivity contribution in [1.82, 2.24) is 9.36 Å². The Balaban J connectivity index is 2.82. The Kier molecular flexibility index (Phi) is 2.30. The van der Waals surface area contributed by atoms with E-state index in [0.717, 1.165) is 5.52 Å². The summed E-state index contributed by atoms with van der Waals surface area (Å²) in [6.07, 6.45) is -0.128. The van der Waals surface area contributed by atoms with Gasteiger partial charge in [0.15, 0.2) is 0 Å². The molecular weight excluding hydrogens is 208 g/mol. The molecule has 84 valence electrons. The van der Waals surface area contributed by atoms with Crippen LogP contribution in [0.3, 0.4) is 0 Å². The topological polar surface area (TPSA) is 64.2 Å². The molecule has 0 bridgehead atoms. The molecule has 0 unspecified atom stereocenters. The van der Waals surface area contributed by atoms with E-state index in [0.29, 0.717) is 10.9 Å². The summed E-state index contributed by atoms with van der Waals surface area (Å²) < 4.78 is 3.18. The number of aryl methyl sites for hydroxylation is 1. The molecule has 0 aliphatic heterocycles. The van der Waals surface area contributed by atoms with E-state index in [1.54, 1.807) is 30.9 Å². The number of nitrogens with zero attached hydrogens (tertiary/aromatic N) is 2. The maximum absolute atomic E-state index is 11.9. The van der Waals surface area contributed by atoms with Gasteiger partial charge in [0, 0.05) is 14.1 Å². The number of hydrogen-bond donors (Lipinski definition) is 1. The van der Waals surface area contributed by atoms with Crippen LogP contribution >= 0.6 is 0 Å². The fourth-order valence-corrected chi connectivity index (χ4v) is 1.87. The molecule has 0 aliphatic carbocycles. The predicted molar refractivity (Wildman–Crippen MR) is 59.5 cm³/mol. The SMILES string of the molecule is Cn1c(=O)c2c(CC(=O)O)cccc2n1C. The second-order valence-corrected chi connectivity index (χ2v) is 3.73. The largest absolute Gasteiger partial charge is 0.481 e. The van der Waals surface area contributed by atoms with Crippen LogP contribution in [0.15, 0.2) is 23.0 Å². The molecule has 0 saturated carbocycles. The summed E-state index contributed by atoms with van der Waals surface area (Å²) in [5.41, 5.74) is 1.16. The van der Waals surface area contributed by atoms with E-state index in [1.807, 2.05) is 6.07 Å². The Bertz CT molecular complexity index is 622. The zero-order valence-corrected chi connectivity index (χ0v) is 9.10. The minimum Gasteiger partial charge on any atom is -0.481 e. The fraction of sp³-hybridized carbons (Fsp3) is 0.273. The second-order valence-electron chi connectivity index (χ2n) is 3.73. The van der Waals surface area contributed by atoms with Crippen LogP contribution in [0.5, 0.6) is 0 Å². The van der Waals surface area contributed by atoms with Crippen LogP contribution in [0, 0.1) is 0 Å². The number of rotatable bonds is 2. The Hall–Kier alpha value is -2.04. The Morgan fingerprint density at radius 1 is 1.31 bits per heavy atom. The molecule has 0 spiro atoms. The van der Waals surface area contributed by atoms with Gasteiger partial charge in [-0.3, -0.25) is 19.0 Å². The highest BCUT2D eigenvalue weighted by atomic mass is 16.4. The smallest absolute Gasteiger partial charge is 0.307 e. The third-order valence-electron chi connectivity index (χ3n) is 2.78. The zero-order valence-electron chi connectivity index (χ0n) is 9.10. The van der Waals surface area contributed by atoms with Gasteiger partial charge in [0.05, 0.1) is 17.3 Å². The summed E-state index contributed by atoms with van der Waals surface area (Å²) in [4.78, 5) is 22.6. The average Bonchev–Trinajstić information content (AvgIpc) is 2.44. The summed E-state index contributed by atoms with van der Waals surface area (Å²) >= 11 is 0. The first-order chi connectivity index (χ1) is 7.52. The number of fused-ring (bicyclic) bond motifs is 1. The first-order valence-electron chi connectivity index (χ1n) is 4.87. The van der Waals surface area contributed by atoms with Crippen molar-refractivity contribution in [2.24, 2.45) is 14.1 Å². The number of hydrogen-bond acceptors (Lipinski definition) is 2. The average molecular weight is 220 g/mol. The first-order valence-corrected chi connectivity index (χ1v) is 4.87. The monoisotopic (exact) mass is 220 g/mol. The minimum absolute atomic E-state index is 0.128. The van der Waals surface area contributed by atoms with Crippen LogP contribution < -0.4 is 5.56 Å². The molecule has 5 nitrogen and oxygen atoms in total. The molecule has 1 heterocycles. The molecule has 1 aromatic heterocycles. The Labute approximate surface area is 91.5 Å². The highest BCUT2D eigenvalue weighted by Crippen LogP contribution is 2.15. The molecule has 1 N–H and O–H groups in total. The van der Waals surface area contributed by atoms with Crippen LogP contribution in [-0.4, -0.2) is 20.4 Å². The lowest BCUT2D eigenvalue weighted by Gasteiger charge is -2.00. The maximum atomic E-state index is 11.9. The predicted octanol–water partition coefficient (Wildman–Crippen LogP) is 0.504. The van der Waals surface area contributed by atoms with Gasteiger partial charge in [-0.15, -0.1) is 0 Å². The summed E-state index contributed by atoms with van der Waals surface area (Å²) in [6, 6.07) is 5.25. The van der Waals surface area contributed by atoms with Crippen LogP contribution in [0.25, 0.3) is 10.9 Å². The van der Waals surface area contributed by atoms with Gasteiger partial charge >= 0.3 is 5.97 Å². The third kappa shape index (κ3) is 1.41. The van der Waals surface area contributed by atoms with E-state index >= 15 is 0 Å². The molecule has 0 amide bonds. The molecule has 0 radical (unpaired) electrons. The number of carboxylic acid groups (broad SMARTS) is 1. The standard InChI is InChI=1S/C11H12N2O3/c1-12-8-5-3-4-7(6-9(14)15)10(8)11(16)13(12)2/h3-5H,6H2,1-2H3,(H,14,15). The van der Waals surface area contributed by atoms with Crippen molar-refractivity contribution in [3.63, 3.8) is 0 Å². The lowest BCUT2D eigenvalue weighted by atomic mass is 10.1. The van der Waals surface area contributed by atoms with Crippen LogP contribution in [0.1, 0.15) is 5.56 Å². The highest BCUT2D eigenvalue weighted by Gasteiger charge is 2.13. The summed E-state index contributed by atoms with van der Waals surface area (Å²) in [5.74, 6) is -0.932. The molecule has 5 heteroatoms. The van der Waals surface area contributed by atoms with Gasteiger partial charge in [-0.2, -0.15) is 0 Å². The van der Waals surface area contributed by atoms with Crippen molar-refractivity contribution >= 4 is 16.9 Å². The van der Waals surface area contributed by atoms with Crippen molar-refractivity contribution in [3.8, 4) is 0 Å². The van der Waals surface area contributed by atoms with Crippen LogP contribution in [0.4, 0.5) is 0 Å². The quantitative estimate of drug-likeness (QED) is 0.801. The van der Waals surface area contributed by atoms with Crippen LogP contribution in [-0.2, 0) is 25.3 Å². The highest BCUT2D eigenvalue weighted by molar-refractivity contribution is 5.86. The Morgan fingerprint density at radius 3 is 2.62 bits per heavy atom. The number of aromatic nitrogens is 2. The maximum Gasteiger partial charge on any atom is 0.307 e. The van der Waals surface area contributed by atoms with Gasteiger partial charge in [0.25, 0.3) is 5.56 Å². The van der Waals surface area contributed by atoms with Crippen molar-refractivity contribution in [2.45, 2.75) is 6.42 Å². The molecule has 0 atom stereocenters. The van der Waals surface area contributed by atoms with Crippen molar-refractivity contribution < 1.29 is 9.90 Å². The van der Waals surface area contributed by atoms with E-state index < -0.39 is 5.97 Å². The van der Waals surface area contributed by atoms with Gasteiger partial charge in [0.2, 0.25) is 0 Å². The van der Waals surface area contributed by atoms with E-state index in [4.69, 9.17) is 5.11 Å². The lowest BCUT2D eigenvalue weighted by Crippen LogP contribution is -2.17. The molecule has 0 saturated heterocycles. The van der Waals surface area contributed by atoms with E-state index in [9.17, 15) is 9.59 Å². The summed E-state index contributed by atoms with van der Waals surface area (Å²) in [5, 5.41) is 9.27. The minimum atomic E-state index is -0.932. The summed E-state index contributed by atoms with van der Waals surface area (Å²) in [6.45, 7) is 0. The summed E-state index contributed by atoms with van der Waals surface area (Å²) in [7, 11) is 3.43. The van der Waals surface area contributed by atoms with E-state index in [2.05, 4.69) is 0 Å². The molecule has 0 fully saturated rings. The zero-order chi connectivity index (χ0) is 11.9. The van der Waals surface area contributed by atoms with E-state index in [1.165, 1.54) is 4.68 Å². The molecule has 1 aromatic carbocycles. The number of carbonyl (C=O) groups is 1. The normalized spacial score (nSPS) is 10.9. The van der Waals surface area contributed by atoms with Crippen molar-refractivity contribution in [2.75, 3.05) is 0 Å². The van der Waals surface area contributed by atoms with Gasteiger partial charge in [-0.25, -0.2) is 0 Å². The lowest BCUT2D eigenvalue weighted by molar-refractivity contribution is -0.136. The van der Waals surface area contributed by atoms with Gasteiger partial charge in [-0.1, -0.05) is 12.1 Å². The van der Waals surface area contributed by atoms with E-state index in [-0.39, 0.29) is 12.0 Å². The van der Waals surface area contributed by atoms with Gasteiger partial charge in [-0.05, 0) is 11.6 Å². The molecule has 2 rings (SSSR count). The molecule has 0 aliphatic rings. The number of benzene rings is 1. The molecular formula is C11H12N2O3. The second kappa shape index (κ2) is 3.52. The number of carboxylic acids is 1. The third-order valence-corrected chi connectivity index (χ3v) is 2.78. The number of aliphatic carboxylic acids is 1. The first kappa shape index (κ1) is 10.5. The Morgan fingerprint density at radius 2 is 2.00 bits per heavy atom. The van der Waals surface area contributed by atoms with Crippen LogP contribution in [0.2, 0.25) is 0 Å². The van der Waals surface area contributed by atoms with Crippen molar-refractivity contribution in [1.29, 1.82) is 0 Å². The van der Waals surface area contributed by atoms with Crippen molar-refractivity contribution in [3.05, 3.63) is 34.1 Å². The fourth-order valence-electron chi connectivity index (χ4n) is 1.87. The van der Waals surface area contributed by atoms with Gasteiger partial charge < -0.3 is 5.11 Å².